The highest BCUT2D eigenvalue weighted by molar-refractivity contribution is 6.32. The highest BCUT2D eigenvalue weighted by Gasteiger charge is 2.07. The van der Waals surface area contributed by atoms with Gasteiger partial charge in [0.15, 0.2) is 0 Å². The number of nitrogens with zero attached hydrogens (tertiary/aromatic N) is 1. The van der Waals surface area contributed by atoms with Gasteiger partial charge in [0.05, 0.1) is 17.2 Å². The minimum atomic E-state index is -0.115. The van der Waals surface area contributed by atoms with E-state index in [1.165, 1.54) is 12.1 Å². The monoisotopic (exact) mass is 197 g/mol. The zero-order valence-electron chi connectivity index (χ0n) is 7.04. The maximum absolute atomic E-state index is 9.28. The molecule has 4 heteroatoms. The summed E-state index contributed by atoms with van der Waals surface area (Å²) in [4.78, 5) is 0. The quantitative estimate of drug-likeness (QED) is 0.792. The summed E-state index contributed by atoms with van der Waals surface area (Å²) in [7, 11) is 0. The van der Waals surface area contributed by atoms with E-state index in [1.807, 2.05) is 13.0 Å². The maximum atomic E-state index is 9.28. The van der Waals surface area contributed by atoms with Gasteiger partial charge in [-0.3, -0.25) is 0 Å². The first-order valence-electron chi connectivity index (χ1n) is 3.74. The number of phenols is 1. The Balaban J connectivity index is 3.14. The number of rotatable bonds is 2. The lowest BCUT2D eigenvalue weighted by Crippen LogP contribution is -1.92. The lowest BCUT2D eigenvalue weighted by molar-refractivity contribution is 0.338. The van der Waals surface area contributed by atoms with Crippen LogP contribution in [-0.2, 0) is 0 Å². The molecule has 0 aromatic heterocycles. The second-order valence-electron chi connectivity index (χ2n) is 2.34. The number of phenolic OH excluding ortho intramolecular Hbond substituents is 1. The normalized spacial score (nSPS) is 9.31. The molecule has 0 bridgehead atoms. The third kappa shape index (κ3) is 2.04. The Morgan fingerprint density at radius 1 is 1.62 bits per heavy atom. The van der Waals surface area contributed by atoms with Crippen LogP contribution < -0.4 is 4.74 Å². The number of nitriles is 1. The van der Waals surface area contributed by atoms with Crippen LogP contribution in [0.5, 0.6) is 11.5 Å². The van der Waals surface area contributed by atoms with Gasteiger partial charge in [-0.25, -0.2) is 0 Å². The number of aromatic hydroxyl groups is 1. The average molecular weight is 198 g/mol. The van der Waals surface area contributed by atoms with E-state index in [0.29, 0.717) is 17.4 Å². The van der Waals surface area contributed by atoms with Crippen LogP contribution in [0.3, 0.4) is 0 Å². The van der Waals surface area contributed by atoms with Gasteiger partial charge in [0, 0.05) is 6.07 Å². The van der Waals surface area contributed by atoms with Gasteiger partial charge in [0.1, 0.15) is 17.6 Å². The summed E-state index contributed by atoms with van der Waals surface area (Å²) < 4.78 is 5.12. The molecule has 3 nitrogen and oxygen atoms in total. The molecule has 0 aliphatic rings. The summed E-state index contributed by atoms with van der Waals surface area (Å²) in [5, 5.41) is 18.2. The van der Waals surface area contributed by atoms with Crippen molar-refractivity contribution in [2.75, 3.05) is 6.61 Å². The molecule has 68 valence electrons. The second kappa shape index (κ2) is 4.01. The highest BCUT2D eigenvalue weighted by Crippen LogP contribution is 2.31. The number of hydrogen-bond acceptors (Lipinski definition) is 3. The topological polar surface area (TPSA) is 53.2 Å². The van der Waals surface area contributed by atoms with Crippen LogP contribution in [0.15, 0.2) is 12.1 Å². The fourth-order valence-electron chi connectivity index (χ4n) is 0.898. The minimum Gasteiger partial charge on any atom is -0.506 e. The minimum absolute atomic E-state index is 0.115. The smallest absolute Gasteiger partial charge is 0.141 e. The van der Waals surface area contributed by atoms with E-state index in [2.05, 4.69) is 0 Å². The molecule has 0 fully saturated rings. The zero-order valence-corrected chi connectivity index (χ0v) is 7.80. The predicted molar refractivity (Wildman–Crippen MR) is 49.0 cm³/mol. The Hall–Kier alpha value is -1.40. The van der Waals surface area contributed by atoms with Crippen molar-refractivity contribution in [2.45, 2.75) is 6.92 Å². The van der Waals surface area contributed by atoms with Gasteiger partial charge in [-0.15, -0.1) is 0 Å². The molecule has 1 aromatic carbocycles. The van der Waals surface area contributed by atoms with Gasteiger partial charge in [-0.05, 0) is 13.0 Å². The van der Waals surface area contributed by atoms with Crippen molar-refractivity contribution in [1.82, 2.24) is 0 Å². The summed E-state index contributed by atoms with van der Waals surface area (Å²) in [6.45, 7) is 2.27. The van der Waals surface area contributed by atoms with E-state index in [4.69, 9.17) is 21.6 Å². The molecule has 0 aliphatic carbocycles. The van der Waals surface area contributed by atoms with Crippen molar-refractivity contribution in [3.8, 4) is 17.6 Å². The van der Waals surface area contributed by atoms with Crippen molar-refractivity contribution < 1.29 is 9.84 Å². The van der Waals surface area contributed by atoms with E-state index in [0.717, 1.165) is 0 Å². The summed E-state index contributed by atoms with van der Waals surface area (Å²) in [5.74, 6) is 0.274. The Labute approximate surface area is 81.1 Å². The molecule has 0 aliphatic heterocycles. The third-order valence-corrected chi connectivity index (χ3v) is 1.77. The molecular weight excluding hydrogens is 190 g/mol. The first kappa shape index (κ1) is 9.69. The molecule has 0 unspecified atom stereocenters. The Morgan fingerprint density at radius 2 is 2.31 bits per heavy atom. The molecule has 0 atom stereocenters. The Kier molecular flexibility index (Phi) is 2.99. The van der Waals surface area contributed by atoms with Crippen LogP contribution in [0, 0.1) is 11.3 Å². The fraction of sp³-hybridized carbons (Fsp3) is 0.222. The molecule has 0 saturated carbocycles. The molecular formula is C9H8ClNO2. The second-order valence-corrected chi connectivity index (χ2v) is 2.75. The van der Waals surface area contributed by atoms with E-state index in [9.17, 15) is 5.11 Å². The first-order chi connectivity index (χ1) is 6.19. The van der Waals surface area contributed by atoms with Gasteiger partial charge in [0.25, 0.3) is 0 Å². The summed E-state index contributed by atoms with van der Waals surface area (Å²) >= 11 is 5.77. The van der Waals surface area contributed by atoms with Gasteiger partial charge in [0.2, 0.25) is 0 Å². The van der Waals surface area contributed by atoms with E-state index >= 15 is 0 Å². The summed E-state index contributed by atoms with van der Waals surface area (Å²) in [6.07, 6.45) is 0. The SMILES string of the molecule is CCOc1cc(O)c(C#N)cc1Cl. The van der Waals surface area contributed by atoms with Crippen LogP contribution in [0.1, 0.15) is 12.5 Å². The molecule has 1 rings (SSSR count). The number of halogens is 1. The van der Waals surface area contributed by atoms with Gasteiger partial charge >= 0.3 is 0 Å². The van der Waals surface area contributed by atoms with Crippen LogP contribution in [0.4, 0.5) is 0 Å². The van der Waals surface area contributed by atoms with Crippen molar-refractivity contribution in [3.63, 3.8) is 0 Å². The zero-order chi connectivity index (χ0) is 9.84. The number of benzene rings is 1. The molecule has 1 aromatic rings. The molecule has 13 heavy (non-hydrogen) atoms. The molecule has 1 N–H and O–H groups in total. The van der Waals surface area contributed by atoms with Crippen molar-refractivity contribution in [1.29, 1.82) is 5.26 Å². The molecule has 0 saturated heterocycles. The Morgan fingerprint density at radius 3 is 2.85 bits per heavy atom. The lowest BCUT2D eigenvalue weighted by atomic mass is 10.2. The van der Waals surface area contributed by atoms with E-state index in [1.54, 1.807) is 0 Å². The van der Waals surface area contributed by atoms with Crippen LogP contribution in [-0.4, -0.2) is 11.7 Å². The van der Waals surface area contributed by atoms with Crippen molar-refractivity contribution >= 4 is 11.6 Å². The standard InChI is InChI=1S/C9H8ClNO2/c1-2-13-9-4-8(12)6(5-11)3-7(9)10/h3-4,12H,2H2,1H3. The molecule has 0 spiro atoms. The summed E-state index contributed by atoms with van der Waals surface area (Å²) in [6, 6.07) is 4.53. The largest absolute Gasteiger partial charge is 0.506 e. The van der Waals surface area contributed by atoms with E-state index in [-0.39, 0.29) is 11.3 Å². The first-order valence-corrected chi connectivity index (χ1v) is 4.12. The average Bonchev–Trinajstić information content (AvgIpc) is 2.11. The van der Waals surface area contributed by atoms with Gasteiger partial charge in [-0.1, -0.05) is 11.6 Å². The number of hydrogen-bond donors (Lipinski definition) is 1. The van der Waals surface area contributed by atoms with Crippen LogP contribution >= 0.6 is 11.6 Å². The van der Waals surface area contributed by atoms with Gasteiger partial charge < -0.3 is 9.84 Å². The summed E-state index contributed by atoms with van der Waals surface area (Å²) in [5.41, 5.74) is 0.147. The maximum Gasteiger partial charge on any atom is 0.141 e. The van der Waals surface area contributed by atoms with Crippen LogP contribution in [0.2, 0.25) is 5.02 Å². The van der Waals surface area contributed by atoms with Gasteiger partial charge in [-0.2, -0.15) is 5.26 Å². The van der Waals surface area contributed by atoms with E-state index < -0.39 is 0 Å². The molecule has 0 radical (unpaired) electrons. The fourth-order valence-corrected chi connectivity index (χ4v) is 1.12. The third-order valence-electron chi connectivity index (χ3n) is 1.47. The predicted octanol–water partition coefficient (Wildman–Crippen LogP) is 2.32. The molecule has 0 heterocycles. The highest BCUT2D eigenvalue weighted by atomic mass is 35.5. The number of ether oxygens (including phenoxy) is 1. The lowest BCUT2D eigenvalue weighted by Gasteiger charge is -2.06. The van der Waals surface area contributed by atoms with Crippen molar-refractivity contribution in [3.05, 3.63) is 22.7 Å². The van der Waals surface area contributed by atoms with Crippen LogP contribution in [0.25, 0.3) is 0 Å². The van der Waals surface area contributed by atoms with Crippen molar-refractivity contribution in [2.24, 2.45) is 0 Å². The molecule has 0 amide bonds. The Bertz CT molecular complexity index is 357.